The van der Waals surface area contributed by atoms with E-state index in [1.54, 1.807) is 11.9 Å². The second-order valence-corrected chi connectivity index (χ2v) is 6.21. The molecular weight excluding hydrogens is 338 g/mol. The highest BCUT2D eigenvalue weighted by atomic mass is 16.5. The van der Waals surface area contributed by atoms with Crippen LogP contribution < -0.4 is 9.64 Å². The summed E-state index contributed by atoms with van der Waals surface area (Å²) in [6, 6.07) is 26.7. The predicted octanol–water partition coefficient (Wildman–Crippen LogP) is 5.29. The number of nitrogens with zero attached hydrogens (tertiary/aromatic N) is 1. The summed E-state index contributed by atoms with van der Waals surface area (Å²) in [5, 5.41) is 0.887. The SMILES string of the molecule is CN(C(=O)c1oc2ccccc2c1COc1ccccc1)c1ccccc1. The van der Waals surface area contributed by atoms with E-state index in [1.165, 1.54) is 0 Å². The number of hydrogen-bond donors (Lipinski definition) is 0. The Morgan fingerprint density at radius 3 is 2.26 bits per heavy atom. The molecule has 0 radical (unpaired) electrons. The van der Waals surface area contributed by atoms with Gasteiger partial charge in [0.25, 0.3) is 5.91 Å². The van der Waals surface area contributed by atoms with E-state index in [2.05, 4.69) is 0 Å². The van der Waals surface area contributed by atoms with Gasteiger partial charge in [-0.05, 0) is 30.3 Å². The molecule has 4 nitrogen and oxygen atoms in total. The Kier molecular flexibility index (Phi) is 4.62. The molecule has 0 spiro atoms. The number of amides is 1. The average molecular weight is 357 g/mol. The third-order valence-electron chi connectivity index (χ3n) is 4.47. The summed E-state index contributed by atoms with van der Waals surface area (Å²) in [6.07, 6.45) is 0. The molecule has 0 aliphatic heterocycles. The third kappa shape index (κ3) is 3.42. The summed E-state index contributed by atoms with van der Waals surface area (Å²) in [5.41, 5.74) is 2.23. The Bertz CT molecular complexity index is 1050. The van der Waals surface area contributed by atoms with Gasteiger partial charge in [-0.1, -0.05) is 54.6 Å². The maximum Gasteiger partial charge on any atom is 0.294 e. The zero-order valence-corrected chi connectivity index (χ0v) is 15.0. The number of rotatable bonds is 5. The summed E-state index contributed by atoms with van der Waals surface area (Å²) in [5.74, 6) is 0.847. The summed E-state index contributed by atoms with van der Waals surface area (Å²) in [4.78, 5) is 14.7. The molecule has 0 bridgehead atoms. The first-order valence-corrected chi connectivity index (χ1v) is 8.75. The lowest BCUT2D eigenvalue weighted by Crippen LogP contribution is -2.26. The molecule has 4 rings (SSSR count). The Hall–Kier alpha value is -3.53. The first-order chi connectivity index (χ1) is 13.2. The monoisotopic (exact) mass is 357 g/mol. The molecule has 0 fully saturated rings. The molecule has 0 saturated carbocycles. The van der Waals surface area contributed by atoms with E-state index in [-0.39, 0.29) is 12.5 Å². The van der Waals surface area contributed by atoms with E-state index < -0.39 is 0 Å². The molecule has 3 aromatic carbocycles. The van der Waals surface area contributed by atoms with Crippen LogP contribution in [0.4, 0.5) is 5.69 Å². The highest BCUT2D eigenvalue weighted by molar-refractivity contribution is 6.07. The van der Waals surface area contributed by atoms with Crippen molar-refractivity contribution in [1.29, 1.82) is 0 Å². The van der Waals surface area contributed by atoms with E-state index in [9.17, 15) is 4.79 Å². The van der Waals surface area contributed by atoms with Gasteiger partial charge in [-0.3, -0.25) is 4.79 Å². The number of fused-ring (bicyclic) bond motifs is 1. The first-order valence-electron chi connectivity index (χ1n) is 8.75. The zero-order valence-electron chi connectivity index (χ0n) is 15.0. The molecule has 134 valence electrons. The number of furan rings is 1. The van der Waals surface area contributed by atoms with Gasteiger partial charge in [-0.25, -0.2) is 0 Å². The molecule has 0 unspecified atom stereocenters. The van der Waals surface area contributed by atoms with Crippen LogP contribution in [-0.2, 0) is 6.61 Å². The van der Waals surface area contributed by atoms with Crippen LogP contribution in [0.5, 0.6) is 5.75 Å². The van der Waals surface area contributed by atoms with E-state index in [0.717, 1.165) is 22.4 Å². The van der Waals surface area contributed by atoms with Crippen molar-refractivity contribution in [2.75, 3.05) is 11.9 Å². The molecule has 0 atom stereocenters. The second kappa shape index (κ2) is 7.38. The minimum atomic E-state index is -0.205. The van der Waals surface area contributed by atoms with Crippen molar-refractivity contribution in [3.8, 4) is 5.75 Å². The van der Waals surface area contributed by atoms with Gasteiger partial charge in [0.1, 0.15) is 17.9 Å². The lowest BCUT2D eigenvalue weighted by molar-refractivity contribution is 0.0965. The maximum absolute atomic E-state index is 13.1. The average Bonchev–Trinajstić information content (AvgIpc) is 3.11. The van der Waals surface area contributed by atoms with Crippen molar-refractivity contribution in [3.05, 3.63) is 96.3 Å². The summed E-state index contributed by atoms with van der Waals surface area (Å²) in [7, 11) is 1.74. The number of anilines is 1. The van der Waals surface area contributed by atoms with E-state index in [1.807, 2.05) is 84.9 Å². The van der Waals surface area contributed by atoms with E-state index in [4.69, 9.17) is 9.15 Å². The van der Waals surface area contributed by atoms with Crippen molar-refractivity contribution in [2.45, 2.75) is 6.61 Å². The summed E-state index contributed by atoms with van der Waals surface area (Å²) < 4.78 is 11.8. The normalized spacial score (nSPS) is 10.7. The van der Waals surface area contributed by atoms with Crippen LogP contribution in [0.2, 0.25) is 0 Å². The molecule has 1 amide bonds. The van der Waals surface area contributed by atoms with Gasteiger partial charge in [0.05, 0.1) is 0 Å². The zero-order chi connectivity index (χ0) is 18.6. The fraction of sp³-hybridized carbons (Fsp3) is 0.0870. The van der Waals surface area contributed by atoms with E-state index >= 15 is 0 Å². The van der Waals surface area contributed by atoms with Crippen LogP contribution in [0.3, 0.4) is 0 Å². The number of carbonyl (C=O) groups is 1. The fourth-order valence-corrected chi connectivity index (χ4v) is 3.01. The number of carbonyl (C=O) groups excluding carboxylic acids is 1. The molecular formula is C23H19NO3. The Balaban J connectivity index is 1.70. The highest BCUT2D eigenvalue weighted by Crippen LogP contribution is 2.29. The Morgan fingerprint density at radius 2 is 1.52 bits per heavy atom. The second-order valence-electron chi connectivity index (χ2n) is 6.21. The van der Waals surface area contributed by atoms with Crippen LogP contribution in [0.25, 0.3) is 11.0 Å². The number of ether oxygens (including phenoxy) is 1. The smallest absolute Gasteiger partial charge is 0.294 e. The molecule has 1 aromatic heterocycles. The largest absolute Gasteiger partial charge is 0.489 e. The van der Waals surface area contributed by atoms with Gasteiger partial charge in [0.2, 0.25) is 0 Å². The number of para-hydroxylation sites is 3. The minimum Gasteiger partial charge on any atom is -0.489 e. The minimum absolute atomic E-state index is 0.205. The molecule has 0 saturated heterocycles. The number of hydrogen-bond acceptors (Lipinski definition) is 3. The third-order valence-corrected chi connectivity index (χ3v) is 4.47. The molecule has 4 heteroatoms. The quantitative estimate of drug-likeness (QED) is 0.487. The predicted molar refractivity (Wildman–Crippen MR) is 106 cm³/mol. The van der Waals surface area contributed by atoms with Gasteiger partial charge in [0.15, 0.2) is 5.76 Å². The number of benzene rings is 3. The molecule has 4 aromatic rings. The topological polar surface area (TPSA) is 42.7 Å². The van der Waals surface area contributed by atoms with Gasteiger partial charge < -0.3 is 14.1 Å². The van der Waals surface area contributed by atoms with Gasteiger partial charge in [-0.15, -0.1) is 0 Å². The lowest BCUT2D eigenvalue weighted by atomic mass is 10.1. The highest BCUT2D eigenvalue weighted by Gasteiger charge is 2.24. The van der Waals surface area contributed by atoms with E-state index in [0.29, 0.717) is 11.3 Å². The maximum atomic E-state index is 13.1. The first kappa shape index (κ1) is 16.9. The van der Waals surface area contributed by atoms with Crippen LogP contribution in [0.1, 0.15) is 16.1 Å². The Morgan fingerprint density at radius 1 is 0.889 bits per heavy atom. The van der Waals surface area contributed by atoms with Crippen LogP contribution in [0, 0.1) is 0 Å². The molecule has 27 heavy (non-hydrogen) atoms. The lowest BCUT2D eigenvalue weighted by Gasteiger charge is -2.16. The molecule has 1 heterocycles. The van der Waals surface area contributed by atoms with Crippen molar-refractivity contribution in [3.63, 3.8) is 0 Å². The van der Waals surface area contributed by atoms with Gasteiger partial charge in [0, 0.05) is 23.7 Å². The van der Waals surface area contributed by atoms with Gasteiger partial charge in [-0.2, -0.15) is 0 Å². The summed E-state index contributed by atoms with van der Waals surface area (Å²) >= 11 is 0. The molecule has 0 aliphatic rings. The van der Waals surface area contributed by atoms with Crippen molar-refractivity contribution < 1.29 is 13.9 Å². The standard InChI is InChI=1S/C23H19NO3/c1-24(17-10-4-2-5-11-17)23(25)22-20(16-26-18-12-6-3-7-13-18)19-14-8-9-15-21(19)27-22/h2-15H,16H2,1H3. The van der Waals surface area contributed by atoms with Crippen LogP contribution in [-0.4, -0.2) is 13.0 Å². The molecule has 0 N–H and O–H groups in total. The fourth-order valence-electron chi connectivity index (χ4n) is 3.01. The van der Waals surface area contributed by atoms with Crippen molar-refractivity contribution in [2.24, 2.45) is 0 Å². The molecule has 0 aliphatic carbocycles. The van der Waals surface area contributed by atoms with Crippen LogP contribution >= 0.6 is 0 Å². The summed E-state index contributed by atoms with van der Waals surface area (Å²) in [6.45, 7) is 0.255. The Labute approximate surface area is 157 Å². The van der Waals surface area contributed by atoms with Crippen molar-refractivity contribution >= 4 is 22.6 Å². The van der Waals surface area contributed by atoms with Crippen LogP contribution in [0.15, 0.2) is 89.3 Å². The van der Waals surface area contributed by atoms with Gasteiger partial charge >= 0.3 is 0 Å². The van der Waals surface area contributed by atoms with Crippen molar-refractivity contribution in [1.82, 2.24) is 0 Å².